The number of amides is 1. The quantitative estimate of drug-likeness (QED) is 0.894. The highest BCUT2D eigenvalue weighted by molar-refractivity contribution is 5.92. The number of nitrogens with zero attached hydrogens (tertiary/aromatic N) is 1. The molecule has 112 valence electrons. The van der Waals surface area contributed by atoms with Crippen LogP contribution in [0.3, 0.4) is 0 Å². The summed E-state index contributed by atoms with van der Waals surface area (Å²) in [5, 5.41) is 2.95. The molecular formula is C15H24ClN3O. The normalized spacial score (nSPS) is 22.4. The summed E-state index contributed by atoms with van der Waals surface area (Å²) in [5.74, 6) is 0.580. The predicted octanol–water partition coefficient (Wildman–Crippen LogP) is 2.02. The standard InChI is InChI=1S/C15H23N3O.ClH/c1-11-4-3-5-14(6-11)17-15(19)10-18-9-13(8-16)7-12(18)2;/h3-6,12-13H,7-10,16H2,1-2H3,(H,17,19);1H. The summed E-state index contributed by atoms with van der Waals surface area (Å²) in [6.45, 7) is 6.27. The van der Waals surface area contributed by atoms with Crippen molar-refractivity contribution in [3.8, 4) is 0 Å². The van der Waals surface area contributed by atoms with Crippen molar-refractivity contribution < 1.29 is 4.79 Å². The maximum atomic E-state index is 12.0. The molecule has 1 aromatic rings. The second-order valence-electron chi connectivity index (χ2n) is 5.53. The van der Waals surface area contributed by atoms with Gasteiger partial charge < -0.3 is 11.1 Å². The zero-order valence-electron chi connectivity index (χ0n) is 12.1. The van der Waals surface area contributed by atoms with E-state index in [-0.39, 0.29) is 18.3 Å². The highest BCUT2D eigenvalue weighted by Gasteiger charge is 2.29. The van der Waals surface area contributed by atoms with E-state index in [4.69, 9.17) is 5.73 Å². The molecule has 2 atom stereocenters. The van der Waals surface area contributed by atoms with Gasteiger partial charge in [-0.05, 0) is 50.4 Å². The first-order valence-corrected chi connectivity index (χ1v) is 6.89. The average molecular weight is 298 g/mol. The molecule has 1 aromatic carbocycles. The molecular weight excluding hydrogens is 274 g/mol. The fourth-order valence-electron chi connectivity index (χ4n) is 2.72. The largest absolute Gasteiger partial charge is 0.330 e. The summed E-state index contributed by atoms with van der Waals surface area (Å²) >= 11 is 0. The Balaban J connectivity index is 0.00000200. The van der Waals surface area contributed by atoms with E-state index in [1.54, 1.807) is 0 Å². The number of aryl methyl sites for hydroxylation is 1. The monoisotopic (exact) mass is 297 g/mol. The predicted molar refractivity (Wildman–Crippen MR) is 85.3 cm³/mol. The van der Waals surface area contributed by atoms with Crippen LogP contribution in [-0.2, 0) is 4.79 Å². The minimum absolute atomic E-state index is 0. The van der Waals surface area contributed by atoms with Crippen LogP contribution < -0.4 is 11.1 Å². The Morgan fingerprint density at radius 2 is 2.25 bits per heavy atom. The molecule has 1 amide bonds. The smallest absolute Gasteiger partial charge is 0.238 e. The Bertz CT molecular complexity index is 452. The molecule has 20 heavy (non-hydrogen) atoms. The highest BCUT2D eigenvalue weighted by Crippen LogP contribution is 2.21. The lowest BCUT2D eigenvalue weighted by molar-refractivity contribution is -0.117. The van der Waals surface area contributed by atoms with E-state index in [2.05, 4.69) is 17.1 Å². The first-order valence-electron chi connectivity index (χ1n) is 6.89. The van der Waals surface area contributed by atoms with Crippen LogP contribution in [-0.4, -0.2) is 36.5 Å². The molecule has 2 rings (SSSR count). The summed E-state index contributed by atoms with van der Waals surface area (Å²) in [6.07, 6.45) is 1.09. The van der Waals surface area contributed by atoms with E-state index < -0.39 is 0 Å². The van der Waals surface area contributed by atoms with Gasteiger partial charge in [-0.25, -0.2) is 0 Å². The fourth-order valence-corrected chi connectivity index (χ4v) is 2.72. The summed E-state index contributed by atoms with van der Waals surface area (Å²) in [6, 6.07) is 8.31. The molecule has 5 heteroatoms. The lowest BCUT2D eigenvalue weighted by Gasteiger charge is -2.20. The van der Waals surface area contributed by atoms with E-state index in [1.807, 2.05) is 31.2 Å². The minimum Gasteiger partial charge on any atom is -0.330 e. The number of nitrogens with one attached hydrogen (secondary N) is 1. The lowest BCUT2D eigenvalue weighted by Crippen LogP contribution is -2.36. The molecule has 0 bridgehead atoms. The van der Waals surface area contributed by atoms with Crippen molar-refractivity contribution >= 4 is 24.0 Å². The number of rotatable bonds is 4. The van der Waals surface area contributed by atoms with E-state index in [0.29, 0.717) is 25.0 Å². The molecule has 1 aliphatic heterocycles. The van der Waals surface area contributed by atoms with E-state index >= 15 is 0 Å². The molecule has 1 fully saturated rings. The molecule has 0 aromatic heterocycles. The van der Waals surface area contributed by atoms with E-state index in [9.17, 15) is 4.79 Å². The number of hydrogen-bond donors (Lipinski definition) is 2. The van der Waals surface area contributed by atoms with Crippen LogP contribution in [0.5, 0.6) is 0 Å². The summed E-state index contributed by atoms with van der Waals surface area (Å²) in [7, 11) is 0. The zero-order chi connectivity index (χ0) is 13.8. The molecule has 1 heterocycles. The summed E-state index contributed by atoms with van der Waals surface area (Å²) < 4.78 is 0. The number of nitrogens with two attached hydrogens (primary N) is 1. The second kappa shape index (κ2) is 7.62. The lowest BCUT2D eigenvalue weighted by atomic mass is 10.1. The van der Waals surface area contributed by atoms with Crippen molar-refractivity contribution in [1.82, 2.24) is 4.90 Å². The van der Waals surface area contributed by atoms with Crippen LogP contribution in [0.1, 0.15) is 18.9 Å². The molecule has 4 nitrogen and oxygen atoms in total. The number of carbonyl (C=O) groups is 1. The molecule has 1 saturated heterocycles. The van der Waals surface area contributed by atoms with Crippen LogP contribution in [0.4, 0.5) is 5.69 Å². The Morgan fingerprint density at radius 1 is 1.50 bits per heavy atom. The summed E-state index contributed by atoms with van der Waals surface area (Å²) in [4.78, 5) is 14.2. The first-order chi connectivity index (χ1) is 9.08. The zero-order valence-corrected chi connectivity index (χ0v) is 13.0. The van der Waals surface area contributed by atoms with Gasteiger partial charge in [0, 0.05) is 18.3 Å². The fraction of sp³-hybridized carbons (Fsp3) is 0.533. The van der Waals surface area contributed by atoms with Gasteiger partial charge in [-0.3, -0.25) is 9.69 Å². The van der Waals surface area contributed by atoms with Crippen molar-refractivity contribution in [1.29, 1.82) is 0 Å². The van der Waals surface area contributed by atoms with E-state index in [0.717, 1.165) is 24.2 Å². The SMILES string of the molecule is Cc1cccc(NC(=O)CN2CC(CN)CC2C)c1.Cl. The molecule has 0 radical (unpaired) electrons. The minimum atomic E-state index is 0. The maximum absolute atomic E-state index is 12.0. The Hall–Kier alpha value is -1.10. The van der Waals surface area contributed by atoms with Gasteiger partial charge in [-0.1, -0.05) is 12.1 Å². The highest BCUT2D eigenvalue weighted by atomic mass is 35.5. The van der Waals surface area contributed by atoms with Crippen LogP contribution in [0.2, 0.25) is 0 Å². The Morgan fingerprint density at radius 3 is 2.85 bits per heavy atom. The second-order valence-corrected chi connectivity index (χ2v) is 5.53. The summed E-state index contributed by atoms with van der Waals surface area (Å²) in [5.41, 5.74) is 7.72. The third kappa shape index (κ3) is 4.47. The van der Waals surface area contributed by atoms with Gasteiger partial charge in [0.25, 0.3) is 0 Å². The van der Waals surface area contributed by atoms with Gasteiger partial charge in [0.2, 0.25) is 5.91 Å². The first kappa shape index (κ1) is 17.0. The van der Waals surface area contributed by atoms with Crippen molar-refractivity contribution in [3.63, 3.8) is 0 Å². The third-order valence-electron chi connectivity index (χ3n) is 3.77. The van der Waals surface area contributed by atoms with Gasteiger partial charge in [0.05, 0.1) is 6.54 Å². The van der Waals surface area contributed by atoms with E-state index in [1.165, 1.54) is 0 Å². The average Bonchev–Trinajstić information content (AvgIpc) is 2.70. The number of halogens is 1. The van der Waals surface area contributed by atoms with Crippen LogP contribution in [0.15, 0.2) is 24.3 Å². The topological polar surface area (TPSA) is 58.4 Å². The number of carbonyl (C=O) groups excluding carboxylic acids is 1. The van der Waals surface area contributed by atoms with Gasteiger partial charge in [-0.15, -0.1) is 12.4 Å². The molecule has 1 aliphatic rings. The number of hydrogen-bond acceptors (Lipinski definition) is 3. The number of likely N-dealkylation sites (tertiary alicyclic amines) is 1. The molecule has 0 saturated carbocycles. The molecule has 0 spiro atoms. The maximum Gasteiger partial charge on any atom is 0.238 e. The van der Waals surface area contributed by atoms with Crippen molar-refractivity contribution in [2.45, 2.75) is 26.3 Å². The van der Waals surface area contributed by atoms with Gasteiger partial charge >= 0.3 is 0 Å². The third-order valence-corrected chi connectivity index (χ3v) is 3.77. The number of benzene rings is 1. The van der Waals surface area contributed by atoms with Gasteiger partial charge in [0.1, 0.15) is 0 Å². The molecule has 2 unspecified atom stereocenters. The van der Waals surface area contributed by atoms with Crippen LogP contribution >= 0.6 is 12.4 Å². The molecule has 0 aliphatic carbocycles. The van der Waals surface area contributed by atoms with Gasteiger partial charge in [0.15, 0.2) is 0 Å². The Kier molecular flexibility index (Phi) is 6.46. The van der Waals surface area contributed by atoms with Crippen molar-refractivity contribution in [2.75, 3.05) is 25.0 Å². The Labute approximate surface area is 127 Å². The molecule has 3 N–H and O–H groups in total. The van der Waals surface area contributed by atoms with Crippen LogP contribution in [0, 0.1) is 12.8 Å². The van der Waals surface area contributed by atoms with Crippen molar-refractivity contribution in [2.24, 2.45) is 11.7 Å². The van der Waals surface area contributed by atoms with Crippen LogP contribution in [0.25, 0.3) is 0 Å². The van der Waals surface area contributed by atoms with Crippen molar-refractivity contribution in [3.05, 3.63) is 29.8 Å². The number of anilines is 1. The van der Waals surface area contributed by atoms with Gasteiger partial charge in [-0.2, -0.15) is 0 Å².